The fourth-order valence-electron chi connectivity index (χ4n) is 3.82. The van der Waals surface area contributed by atoms with E-state index < -0.39 is 16.1 Å². The van der Waals surface area contributed by atoms with Crippen LogP contribution < -0.4 is 10.0 Å². The minimum Gasteiger partial charge on any atom is -0.343 e. The summed E-state index contributed by atoms with van der Waals surface area (Å²) in [5.74, 6) is 0.366. The van der Waals surface area contributed by atoms with E-state index >= 15 is 0 Å². The van der Waals surface area contributed by atoms with Gasteiger partial charge in [-0.3, -0.25) is 14.5 Å². The Bertz CT molecular complexity index is 619. The van der Waals surface area contributed by atoms with Crippen molar-refractivity contribution in [1.82, 2.24) is 19.8 Å². The Labute approximate surface area is 143 Å². The summed E-state index contributed by atoms with van der Waals surface area (Å²) in [5.41, 5.74) is 0. The number of rotatable bonds is 5. The van der Waals surface area contributed by atoms with E-state index in [0.717, 1.165) is 19.3 Å². The molecule has 2 heterocycles. The van der Waals surface area contributed by atoms with Gasteiger partial charge in [0.25, 0.3) is 0 Å². The lowest BCUT2D eigenvalue weighted by Gasteiger charge is -2.25. The summed E-state index contributed by atoms with van der Waals surface area (Å²) in [6.45, 7) is 3.99. The van der Waals surface area contributed by atoms with E-state index in [1.165, 1.54) is 19.8 Å². The molecule has 0 radical (unpaired) electrons. The van der Waals surface area contributed by atoms with Gasteiger partial charge in [0.05, 0.1) is 6.26 Å². The summed E-state index contributed by atoms with van der Waals surface area (Å²) < 4.78 is 25.6. The first-order valence-corrected chi connectivity index (χ1v) is 10.4. The van der Waals surface area contributed by atoms with E-state index in [-0.39, 0.29) is 23.9 Å². The zero-order valence-corrected chi connectivity index (χ0v) is 15.0. The van der Waals surface area contributed by atoms with Gasteiger partial charge in [-0.05, 0) is 25.2 Å². The van der Waals surface area contributed by atoms with Crippen LogP contribution in [0.1, 0.15) is 26.2 Å². The number of hydrogen-bond acceptors (Lipinski definition) is 5. The molecule has 0 spiro atoms. The molecule has 3 atom stereocenters. The van der Waals surface area contributed by atoms with E-state index in [2.05, 4.69) is 14.9 Å². The van der Waals surface area contributed by atoms with Gasteiger partial charge < -0.3 is 10.2 Å². The van der Waals surface area contributed by atoms with Crippen LogP contribution in [-0.4, -0.2) is 80.6 Å². The molecule has 0 aromatic rings. The second-order valence-electron chi connectivity index (χ2n) is 7.38. The van der Waals surface area contributed by atoms with Crippen LogP contribution in [0.3, 0.4) is 0 Å². The molecule has 1 saturated carbocycles. The fraction of sp³-hybridized carbons (Fsp3) is 0.867. The molecule has 2 aliphatic heterocycles. The first-order chi connectivity index (χ1) is 11.2. The van der Waals surface area contributed by atoms with Gasteiger partial charge in [0.1, 0.15) is 6.04 Å². The molecule has 3 aliphatic rings. The van der Waals surface area contributed by atoms with Crippen LogP contribution in [0.2, 0.25) is 0 Å². The third-order valence-electron chi connectivity index (χ3n) is 4.88. The van der Waals surface area contributed by atoms with Gasteiger partial charge in [-0.15, -0.1) is 0 Å². The van der Waals surface area contributed by atoms with Crippen LogP contribution in [0, 0.1) is 5.92 Å². The minimum atomic E-state index is -3.30. The largest absolute Gasteiger partial charge is 0.343 e. The quantitative estimate of drug-likeness (QED) is 0.639. The lowest BCUT2D eigenvalue weighted by Crippen LogP contribution is -2.51. The first kappa shape index (κ1) is 17.6. The summed E-state index contributed by atoms with van der Waals surface area (Å²) >= 11 is 0. The molecular weight excluding hydrogens is 332 g/mol. The van der Waals surface area contributed by atoms with Crippen molar-refractivity contribution >= 4 is 21.8 Å². The summed E-state index contributed by atoms with van der Waals surface area (Å²) in [4.78, 5) is 28.3. The summed E-state index contributed by atoms with van der Waals surface area (Å²) in [5, 5.41) is 2.76. The molecule has 2 N–H and O–H groups in total. The highest BCUT2D eigenvalue weighted by atomic mass is 32.2. The van der Waals surface area contributed by atoms with Gasteiger partial charge in [0.2, 0.25) is 21.8 Å². The van der Waals surface area contributed by atoms with Crippen molar-refractivity contribution in [3.8, 4) is 0 Å². The summed E-state index contributed by atoms with van der Waals surface area (Å²) in [6.07, 6.45) is 4.20. The Morgan fingerprint density at radius 1 is 1.25 bits per heavy atom. The lowest BCUT2D eigenvalue weighted by atomic mass is 10.1. The van der Waals surface area contributed by atoms with Crippen LogP contribution >= 0.6 is 0 Å². The molecule has 0 unspecified atom stereocenters. The number of sulfonamides is 1. The summed E-state index contributed by atoms with van der Waals surface area (Å²) in [7, 11) is -3.30. The van der Waals surface area contributed by atoms with E-state index in [4.69, 9.17) is 0 Å². The number of fused-ring (bicyclic) bond motifs is 1. The molecule has 1 aliphatic carbocycles. The van der Waals surface area contributed by atoms with Gasteiger partial charge in [-0.1, -0.05) is 0 Å². The van der Waals surface area contributed by atoms with Gasteiger partial charge in [0, 0.05) is 45.2 Å². The summed E-state index contributed by atoms with van der Waals surface area (Å²) in [6, 6.07) is -0.815. The van der Waals surface area contributed by atoms with Crippen LogP contribution in [0.5, 0.6) is 0 Å². The average molecular weight is 358 g/mol. The zero-order chi connectivity index (χ0) is 17.5. The molecule has 8 nitrogen and oxygen atoms in total. The number of nitrogens with zero attached hydrogens (tertiary/aromatic N) is 2. The van der Waals surface area contributed by atoms with E-state index in [0.29, 0.717) is 25.4 Å². The number of nitrogens with one attached hydrogen (secondary N) is 2. The van der Waals surface area contributed by atoms with E-state index in [9.17, 15) is 18.0 Å². The van der Waals surface area contributed by atoms with Crippen molar-refractivity contribution in [2.75, 3.05) is 32.4 Å². The standard InChI is InChI=1S/C15H26N4O4S/c1-10(20)16-14-9-18(6-11-3-4-11)8-13-5-12(17-24(2,22)23)7-19(13)15(14)21/h11-14,17H,3-9H2,1-2H3,(H,16,20)/t12-,13-,14-/m0/s1. The number of hydrogen-bond donors (Lipinski definition) is 2. The average Bonchev–Trinajstić information content (AvgIpc) is 3.17. The molecule has 0 bridgehead atoms. The Hall–Kier alpha value is -1.19. The highest BCUT2D eigenvalue weighted by molar-refractivity contribution is 7.88. The molecule has 3 fully saturated rings. The van der Waals surface area contributed by atoms with Crippen molar-refractivity contribution in [1.29, 1.82) is 0 Å². The molecule has 0 aromatic carbocycles. The maximum absolute atomic E-state index is 12.8. The predicted octanol–water partition coefficient (Wildman–Crippen LogP) is -1.26. The molecular formula is C15H26N4O4S. The van der Waals surface area contributed by atoms with E-state index in [1.54, 1.807) is 4.90 Å². The molecule has 136 valence electrons. The van der Waals surface area contributed by atoms with Gasteiger partial charge in [-0.2, -0.15) is 0 Å². The van der Waals surface area contributed by atoms with Crippen LogP contribution in [-0.2, 0) is 19.6 Å². The van der Waals surface area contributed by atoms with Gasteiger partial charge in [-0.25, -0.2) is 13.1 Å². The number of amides is 2. The van der Waals surface area contributed by atoms with Crippen molar-refractivity contribution in [2.45, 2.75) is 44.3 Å². The smallest absolute Gasteiger partial charge is 0.246 e. The molecule has 3 rings (SSSR count). The number of carbonyl (C=O) groups is 2. The SMILES string of the molecule is CC(=O)N[C@H]1CN(CC2CC2)C[C@@H]2C[C@H](NS(C)(=O)=O)CN2C1=O. The Morgan fingerprint density at radius 3 is 2.54 bits per heavy atom. The van der Waals surface area contributed by atoms with Crippen molar-refractivity contribution in [3.63, 3.8) is 0 Å². The maximum atomic E-state index is 12.8. The molecule has 2 amide bonds. The second-order valence-corrected chi connectivity index (χ2v) is 9.16. The normalized spacial score (nSPS) is 31.7. The lowest BCUT2D eigenvalue weighted by molar-refractivity contribution is -0.135. The molecule has 9 heteroatoms. The third-order valence-corrected chi connectivity index (χ3v) is 5.64. The predicted molar refractivity (Wildman–Crippen MR) is 88.7 cm³/mol. The topological polar surface area (TPSA) is 98.8 Å². The fourth-order valence-corrected chi connectivity index (χ4v) is 4.60. The van der Waals surface area contributed by atoms with Gasteiger partial charge in [0.15, 0.2) is 0 Å². The zero-order valence-electron chi connectivity index (χ0n) is 14.2. The Kier molecular flexibility index (Phi) is 4.85. The van der Waals surface area contributed by atoms with Gasteiger partial charge >= 0.3 is 0 Å². The highest BCUT2D eigenvalue weighted by Crippen LogP contribution is 2.31. The highest BCUT2D eigenvalue weighted by Gasteiger charge is 2.43. The van der Waals surface area contributed by atoms with Crippen LogP contribution in [0.4, 0.5) is 0 Å². The van der Waals surface area contributed by atoms with Crippen LogP contribution in [0.15, 0.2) is 0 Å². The number of carbonyl (C=O) groups excluding carboxylic acids is 2. The second kappa shape index (κ2) is 6.61. The monoisotopic (exact) mass is 358 g/mol. The maximum Gasteiger partial charge on any atom is 0.246 e. The third kappa shape index (κ3) is 4.46. The van der Waals surface area contributed by atoms with E-state index in [1.807, 2.05) is 0 Å². The molecule has 24 heavy (non-hydrogen) atoms. The van der Waals surface area contributed by atoms with Crippen molar-refractivity contribution < 1.29 is 18.0 Å². The van der Waals surface area contributed by atoms with Crippen molar-refractivity contribution in [2.24, 2.45) is 5.92 Å². The Balaban J connectivity index is 1.75. The molecule has 2 saturated heterocycles. The minimum absolute atomic E-state index is 0.00532. The van der Waals surface area contributed by atoms with Crippen LogP contribution in [0.25, 0.3) is 0 Å². The van der Waals surface area contributed by atoms with Crippen molar-refractivity contribution in [3.05, 3.63) is 0 Å². The first-order valence-electron chi connectivity index (χ1n) is 8.48. The molecule has 0 aromatic heterocycles. The Morgan fingerprint density at radius 2 is 1.96 bits per heavy atom.